The van der Waals surface area contributed by atoms with Crippen LogP contribution in [0.2, 0.25) is 0 Å². The Hall–Kier alpha value is -2.38. The van der Waals surface area contributed by atoms with Crippen molar-refractivity contribution in [3.63, 3.8) is 0 Å². The standard InChI is InChI=1S/C16H15BFNO4/c1-22-15-12(7-6-11-9-23-17(21)14(11)15)16(20)19-8-10-4-2-3-5-13(10)18/h2-7,21H,8-9H2,1H3,(H,19,20). The molecule has 0 unspecified atom stereocenters. The zero-order chi connectivity index (χ0) is 16.4. The van der Waals surface area contributed by atoms with Crippen molar-refractivity contribution < 1.29 is 23.6 Å². The number of halogens is 1. The van der Waals surface area contributed by atoms with E-state index in [4.69, 9.17) is 9.39 Å². The molecule has 7 heteroatoms. The van der Waals surface area contributed by atoms with E-state index < -0.39 is 13.0 Å². The lowest BCUT2D eigenvalue weighted by molar-refractivity contribution is 0.0947. The maximum atomic E-state index is 13.6. The predicted molar refractivity (Wildman–Crippen MR) is 83.0 cm³/mol. The molecular formula is C16H15BFNO4. The summed E-state index contributed by atoms with van der Waals surface area (Å²) < 4.78 is 24.0. The number of fused-ring (bicyclic) bond motifs is 1. The molecule has 0 fully saturated rings. The normalized spacial score (nSPS) is 12.9. The minimum absolute atomic E-state index is 0.0603. The summed E-state index contributed by atoms with van der Waals surface area (Å²) in [4.78, 5) is 12.4. The molecule has 1 amide bonds. The number of hydrogen-bond acceptors (Lipinski definition) is 4. The van der Waals surface area contributed by atoms with Crippen LogP contribution in [0.25, 0.3) is 0 Å². The van der Waals surface area contributed by atoms with Crippen molar-refractivity contribution in [2.45, 2.75) is 13.2 Å². The van der Waals surface area contributed by atoms with E-state index in [-0.39, 0.29) is 30.3 Å². The van der Waals surface area contributed by atoms with Gasteiger partial charge in [-0.05, 0) is 17.7 Å². The highest BCUT2D eigenvalue weighted by atomic mass is 19.1. The maximum absolute atomic E-state index is 13.6. The fourth-order valence-electron chi connectivity index (χ4n) is 2.60. The van der Waals surface area contributed by atoms with E-state index in [1.165, 1.54) is 13.2 Å². The maximum Gasteiger partial charge on any atom is 0.495 e. The highest BCUT2D eigenvalue weighted by Gasteiger charge is 2.33. The van der Waals surface area contributed by atoms with Crippen molar-refractivity contribution in [3.8, 4) is 5.75 Å². The molecule has 2 N–H and O–H groups in total. The topological polar surface area (TPSA) is 67.8 Å². The van der Waals surface area contributed by atoms with Crippen molar-refractivity contribution in [1.29, 1.82) is 0 Å². The first kappa shape index (κ1) is 15.5. The average molecular weight is 315 g/mol. The van der Waals surface area contributed by atoms with Crippen LogP contribution in [0.5, 0.6) is 5.75 Å². The third kappa shape index (κ3) is 2.93. The molecule has 1 aliphatic rings. The molecule has 5 nitrogen and oxygen atoms in total. The lowest BCUT2D eigenvalue weighted by Crippen LogP contribution is -2.32. The van der Waals surface area contributed by atoms with Crippen LogP contribution in [0.1, 0.15) is 21.5 Å². The van der Waals surface area contributed by atoms with E-state index in [2.05, 4.69) is 5.32 Å². The zero-order valence-electron chi connectivity index (χ0n) is 12.5. The van der Waals surface area contributed by atoms with Gasteiger partial charge in [-0.1, -0.05) is 24.3 Å². The van der Waals surface area contributed by atoms with Crippen LogP contribution < -0.4 is 15.5 Å². The molecule has 0 saturated heterocycles. The number of rotatable bonds is 4. The molecule has 0 spiro atoms. The Bertz CT molecular complexity index is 753. The average Bonchev–Trinajstić information content (AvgIpc) is 2.94. The molecule has 0 bridgehead atoms. The largest absolute Gasteiger partial charge is 0.496 e. The Labute approximate surface area is 133 Å². The van der Waals surface area contributed by atoms with Crippen LogP contribution in [0.4, 0.5) is 4.39 Å². The molecule has 1 aliphatic heterocycles. The first-order valence-corrected chi connectivity index (χ1v) is 7.13. The predicted octanol–water partition coefficient (Wildman–Crippen LogP) is 0.982. The first-order chi connectivity index (χ1) is 11.1. The third-order valence-corrected chi connectivity index (χ3v) is 3.78. The molecule has 0 aliphatic carbocycles. The summed E-state index contributed by atoms with van der Waals surface area (Å²) in [7, 11) is 0.313. The highest BCUT2D eigenvalue weighted by molar-refractivity contribution is 6.63. The molecule has 1 heterocycles. The van der Waals surface area contributed by atoms with Gasteiger partial charge in [-0.15, -0.1) is 0 Å². The number of carbonyl (C=O) groups is 1. The van der Waals surface area contributed by atoms with Gasteiger partial charge in [-0.25, -0.2) is 4.39 Å². The summed E-state index contributed by atoms with van der Waals surface area (Å²) in [5.74, 6) is -0.511. The summed E-state index contributed by atoms with van der Waals surface area (Å²) in [6.45, 7) is 0.328. The van der Waals surface area contributed by atoms with Gasteiger partial charge < -0.3 is 19.7 Å². The summed E-state index contributed by atoms with van der Waals surface area (Å²) in [5.41, 5.74) is 1.91. The van der Waals surface area contributed by atoms with Gasteiger partial charge in [0.1, 0.15) is 11.6 Å². The fourth-order valence-corrected chi connectivity index (χ4v) is 2.60. The highest BCUT2D eigenvalue weighted by Crippen LogP contribution is 2.23. The van der Waals surface area contributed by atoms with Crippen LogP contribution in [-0.4, -0.2) is 25.2 Å². The van der Waals surface area contributed by atoms with Gasteiger partial charge in [0, 0.05) is 17.6 Å². The molecule has 2 aromatic rings. The quantitative estimate of drug-likeness (QED) is 0.826. The molecule has 0 aromatic heterocycles. The summed E-state index contributed by atoms with van der Waals surface area (Å²) in [6, 6.07) is 9.56. The number of benzene rings is 2. The first-order valence-electron chi connectivity index (χ1n) is 7.13. The lowest BCUT2D eigenvalue weighted by atomic mass is 9.77. The van der Waals surface area contributed by atoms with Gasteiger partial charge in [-0.2, -0.15) is 0 Å². The van der Waals surface area contributed by atoms with E-state index in [0.29, 0.717) is 11.0 Å². The van der Waals surface area contributed by atoms with E-state index >= 15 is 0 Å². The van der Waals surface area contributed by atoms with E-state index in [1.807, 2.05) is 0 Å². The zero-order valence-corrected chi connectivity index (χ0v) is 12.5. The van der Waals surface area contributed by atoms with Gasteiger partial charge in [0.05, 0.1) is 19.3 Å². The van der Waals surface area contributed by atoms with E-state index in [9.17, 15) is 14.2 Å². The van der Waals surface area contributed by atoms with Crippen molar-refractivity contribution in [2.24, 2.45) is 0 Å². The summed E-state index contributed by atoms with van der Waals surface area (Å²) >= 11 is 0. The lowest BCUT2D eigenvalue weighted by Gasteiger charge is -2.13. The number of nitrogens with one attached hydrogen (secondary N) is 1. The Kier molecular flexibility index (Phi) is 4.32. The van der Waals surface area contributed by atoms with Gasteiger partial charge >= 0.3 is 7.12 Å². The monoisotopic (exact) mass is 315 g/mol. The van der Waals surface area contributed by atoms with Crippen LogP contribution in [0.3, 0.4) is 0 Å². The Morgan fingerprint density at radius 3 is 2.91 bits per heavy atom. The number of carbonyl (C=O) groups excluding carboxylic acids is 1. The van der Waals surface area contributed by atoms with Crippen LogP contribution in [-0.2, 0) is 17.8 Å². The second-order valence-electron chi connectivity index (χ2n) is 5.16. The molecule has 0 radical (unpaired) electrons. The minimum atomic E-state index is -1.11. The van der Waals surface area contributed by atoms with Crippen molar-refractivity contribution in [1.82, 2.24) is 5.32 Å². The summed E-state index contributed by atoms with van der Waals surface area (Å²) in [5, 5.41) is 12.5. The van der Waals surface area contributed by atoms with Crippen molar-refractivity contribution in [2.75, 3.05) is 7.11 Å². The van der Waals surface area contributed by atoms with E-state index in [0.717, 1.165) is 5.56 Å². The second kappa shape index (κ2) is 6.40. The van der Waals surface area contributed by atoms with Gasteiger partial charge in [0.15, 0.2) is 0 Å². The van der Waals surface area contributed by atoms with Gasteiger partial charge in [-0.3, -0.25) is 4.79 Å². The number of amides is 1. The van der Waals surface area contributed by atoms with Gasteiger partial charge in [0.25, 0.3) is 5.91 Å². The number of hydrogen-bond donors (Lipinski definition) is 2. The Balaban J connectivity index is 1.83. The number of ether oxygens (including phenoxy) is 1. The van der Waals surface area contributed by atoms with Crippen molar-refractivity contribution in [3.05, 3.63) is 58.9 Å². The second-order valence-corrected chi connectivity index (χ2v) is 5.16. The van der Waals surface area contributed by atoms with Gasteiger partial charge in [0.2, 0.25) is 0 Å². The molecule has 2 aromatic carbocycles. The molecule has 118 valence electrons. The Morgan fingerprint density at radius 2 is 2.17 bits per heavy atom. The minimum Gasteiger partial charge on any atom is -0.496 e. The number of methoxy groups -OCH3 is 1. The molecule has 3 rings (SSSR count). The summed E-state index contributed by atoms with van der Waals surface area (Å²) in [6.07, 6.45) is 0. The SMILES string of the molecule is COc1c(C(=O)NCc2ccccc2F)ccc2c1B(O)OC2. The molecular weight excluding hydrogens is 300 g/mol. The smallest absolute Gasteiger partial charge is 0.495 e. The third-order valence-electron chi connectivity index (χ3n) is 3.78. The molecule has 0 atom stereocenters. The van der Waals surface area contributed by atoms with E-state index in [1.54, 1.807) is 30.3 Å². The molecule has 23 heavy (non-hydrogen) atoms. The van der Waals surface area contributed by atoms with Crippen molar-refractivity contribution >= 4 is 18.5 Å². The van der Waals surface area contributed by atoms with Crippen LogP contribution >= 0.6 is 0 Å². The van der Waals surface area contributed by atoms with Crippen LogP contribution in [0.15, 0.2) is 36.4 Å². The Morgan fingerprint density at radius 1 is 1.39 bits per heavy atom. The van der Waals surface area contributed by atoms with Crippen LogP contribution in [0, 0.1) is 5.82 Å². The molecule has 0 saturated carbocycles. The fraction of sp³-hybridized carbons (Fsp3) is 0.188.